The number of pyridine rings is 1. The zero-order valence-electron chi connectivity index (χ0n) is 13.6. The summed E-state index contributed by atoms with van der Waals surface area (Å²) < 4.78 is 0. The molecule has 1 saturated carbocycles. The van der Waals surface area contributed by atoms with E-state index in [9.17, 15) is 0 Å². The summed E-state index contributed by atoms with van der Waals surface area (Å²) in [5.74, 6) is 1.25. The highest BCUT2D eigenvalue weighted by Gasteiger charge is 2.23. The molecule has 116 valence electrons. The number of para-hydroxylation sites is 1. The number of hydrogen-bond acceptors (Lipinski definition) is 2. The highest BCUT2D eigenvalue weighted by molar-refractivity contribution is 5.53. The Morgan fingerprint density at radius 2 is 1.77 bits per heavy atom. The maximum atomic E-state index is 4.26. The Morgan fingerprint density at radius 3 is 2.45 bits per heavy atom. The molecule has 1 fully saturated rings. The molecule has 0 saturated heterocycles. The lowest BCUT2D eigenvalue weighted by atomic mass is 9.82. The van der Waals surface area contributed by atoms with E-state index in [-0.39, 0.29) is 0 Å². The zero-order chi connectivity index (χ0) is 15.4. The van der Waals surface area contributed by atoms with Gasteiger partial charge in [-0.15, -0.1) is 0 Å². The molecule has 22 heavy (non-hydrogen) atoms. The molecular formula is C20H26N2. The Balaban J connectivity index is 1.61. The van der Waals surface area contributed by atoms with E-state index in [4.69, 9.17) is 0 Å². The smallest absolute Gasteiger partial charge is 0.0377 e. The molecule has 0 amide bonds. The molecule has 0 radical (unpaired) electrons. The predicted octanol–water partition coefficient (Wildman–Crippen LogP) is 5.34. The normalized spacial score (nSPS) is 21.8. The lowest BCUT2D eigenvalue weighted by Crippen LogP contribution is -2.26. The number of hydrogen-bond donors (Lipinski definition) is 1. The minimum Gasteiger partial charge on any atom is -0.382 e. The van der Waals surface area contributed by atoms with E-state index in [1.165, 1.54) is 42.5 Å². The second-order valence-electron chi connectivity index (χ2n) is 6.72. The molecule has 1 aliphatic carbocycles. The van der Waals surface area contributed by atoms with Gasteiger partial charge in [-0.3, -0.25) is 4.98 Å². The number of rotatable bonds is 4. The summed E-state index contributed by atoms with van der Waals surface area (Å²) in [7, 11) is 0. The molecule has 2 nitrogen and oxygen atoms in total. The van der Waals surface area contributed by atoms with Crippen molar-refractivity contribution < 1.29 is 0 Å². The largest absolute Gasteiger partial charge is 0.382 e. The van der Waals surface area contributed by atoms with E-state index in [1.807, 2.05) is 12.4 Å². The van der Waals surface area contributed by atoms with Crippen LogP contribution in [0.2, 0.25) is 0 Å². The highest BCUT2D eigenvalue weighted by atomic mass is 14.9. The molecule has 0 spiro atoms. The fourth-order valence-electron chi connectivity index (χ4n) is 3.54. The van der Waals surface area contributed by atoms with Crippen LogP contribution in [0.5, 0.6) is 0 Å². The van der Waals surface area contributed by atoms with Crippen LogP contribution in [0, 0.1) is 0 Å². The highest BCUT2D eigenvalue weighted by Crippen LogP contribution is 2.34. The zero-order valence-corrected chi connectivity index (χ0v) is 13.6. The molecule has 1 aromatic carbocycles. The number of anilines is 1. The third-order valence-corrected chi connectivity index (χ3v) is 4.83. The summed E-state index contributed by atoms with van der Waals surface area (Å²) in [6.07, 6.45) is 8.89. The minimum atomic E-state index is 0.565. The molecule has 0 unspecified atom stereocenters. The maximum absolute atomic E-state index is 4.26. The Bertz CT molecular complexity index is 584. The van der Waals surface area contributed by atoms with Gasteiger partial charge in [-0.1, -0.05) is 38.1 Å². The van der Waals surface area contributed by atoms with E-state index in [1.54, 1.807) is 0 Å². The summed E-state index contributed by atoms with van der Waals surface area (Å²) >= 11 is 0. The molecule has 2 aromatic rings. The van der Waals surface area contributed by atoms with Crippen LogP contribution >= 0.6 is 0 Å². The Kier molecular flexibility index (Phi) is 4.77. The number of nitrogens with one attached hydrogen (secondary N) is 1. The van der Waals surface area contributed by atoms with Gasteiger partial charge in [0.2, 0.25) is 0 Å². The van der Waals surface area contributed by atoms with Gasteiger partial charge in [-0.2, -0.15) is 0 Å². The summed E-state index contributed by atoms with van der Waals surface area (Å²) in [5.41, 5.74) is 4.16. The van der Waals surface area contributed by atoms with Crippen molar-refractivity contribution in [3.8, 4) is 0 Å². The van der Waals surface area contributed by atoms with Crippen molar-refractivity contribution >= 4 is 5.69 Å². The Labute approximate surface area is 134 Å². The fourth-order valence-corrected chi connectivity index (χ4v) is 3.54. The summed E-state index contributed by atoms with van der Waals surface area (Å²) in [6.45, 7) is 4.53. The number of aromatic nitrogens is 1. The van der Waals surface area contributed by atoms with Crippen molar-refractivity contribution in [2.45, 2.75) is 57.4 Å². The molecule has 0 aliphatic heterocycles. The summed E-state index contributed by atoms with van der Waals surface area (Å²) in [4.78, 5) is 4.26. The van der Waals surface area contributed by atoms with Crippen LogP contribution in [0.4, 0.5) is 5.69 Å². The van der Waals surface area contributed by atoms with Crippen LogP contribution in [0.15, 0.2) is 48.8 Å². The third kappa shape index (κ3) is 3.49. The summed E-state index contributed by atoms with van der Waals surface area (Å²) in [6, 6.07) is 13.6. The SMILES string of the molecule is CC(C)c1ccccc1NC1CCC(c2cccnc2)CC1. The van der Waals surface area contributed by atoms with Crippen LogP contribution in [-0.2, 0) is 0 Å². The molecule has 1 aliphatic rings. The average Bonchev–Trinajstić information content (AvgIpc) is 2.57. The predicted molar refractivity (Wildman–Crippen MR) is 93.4 cm³/mol. The van der Waals surface area contributed by atoms with Crippen molar-refractivity contribution in [3.05, 3.63) is 59.9 Å². The first kappa shape index (κ1) is 15.1. The molecule has 0 bridgehead atoms. The maximum Gasteiger partial charge on any atom is 0.0377 e. The molecule has 3 rings (SSSR count). The van der Waals surface area contributed by atoms with Crippen molar-refractivity contribution in [3.63, 3.8) is 0 Å². The quantitative estimate of drug-likeness (QED) is 0.823. The van der Waals surface area contributed by atoms with Gasteiger partial charge in [0.15, 0.2) is 0 Å². The standard InChI is InChI=1S/C20H26N2/c1-15(2)19-7-3-4-8-20(19)22-18-11-9-16(10-12-18)17-6-5-13-21-14-17/h3-8,13-16,18,22H,9-12H2,1-2H3. The van der Waals surface area contributed by atoms with Crippen molar-refractivity contribution in [1.82, 2.24) is 4.98 Å². The van der Waals surface area contributed by atoms with Crippen molar-refractivity contribution in [2.24, 2.45) is 0 Å². The molecule has 1 N–H and O–H groups in total. The van der Waals surface area contributed by atoms with E-state index in [2.05, 4.69) is 60.5 Å². The van der Waals surface area contributed by atoms with Gasteiger partial charge in [0, 0.05) is 24.1 Å². The van der Waals surface area contributed by atoms with Crippen LogP contribution in [0.25, 0.3) is 0 Å². The monoisotopic (exact) mass is 294 g/mol. The number of benzene rings is 1. The Hall–Kier alpha value is -1.83. The molecule has 1 heterocycles. The fraction of sp³-hybridized carbons (Fsp3) is 0.450. The van der Waals surface area contributed by atoms with E-state index in [0.29, 0.717) is 17.9 Å². The van der Waals surface area contributed by atoms with E-state index in [0.717, 1.165) is 0 Å². The topological polar surface area (TPSA) is 24.9 Å². The number of nitrogens with zero attached hydrogens (tertiary/aromatic N) is 1. The van der Waals surface area contributed by atoms with Gasteiger partial charge < -0.3 is 5.32 Å². The van der Waals surface area contributed by atoms with Crippen molar-refractivity contribution in [1.29, 1.82) is 0 Å². The van der Waals surface area contributed by atoms with Gasteiger partial charge in [0.1, 0.15) is 0 Å². The van der Waals surface area contributed by atoms with Crippen LogP contribution in [0.3, 0.4) is 0 Å². The second-order valence-corrected chi connectivity index (χ2v) is 6.72. The molecular weight excluding hydrogens is 268 g/mol. The molecule has 0 atom stereocenters. The summed E-state index contributed by atoms with van der Waals surface area (Å²) in [5, 5.41) is 3.79. The van der Waals surface area contributed by atoms with Gasteiger partial charge in [0.25, 0.3) is 0 Å². The van der Waals surface area contributed by atoms with Gasteiger partial charge in [-0.25, -0.2) is 0 Å². The van der Waals surface area contributed by atoms with Crippen LogP contribution in [-0.4, -0.2) is 11.0 Å². The minimum absolute atomic E-state index is 0.565. The third-order valence-electron chi connectivity index (χ3n) is 4.83. The van der Waals surface area contributed by atoms with Crippen LogP contribution < -0.4 is 5.32 Å². The van der Waals surface area contributed by atoms with E-state index < -0.39 is 0 Å². The first-order valence-electron chi connectivity index (χ1n) is 8.49. The van der Waals surface area contributed by atoms with E-state index >= 15 is 0 Å². The average molecular weight is 294 g/mol. The lowest BCUT2D eigenvalue weighted by Gasteiger charge is -2.30. The molecule has 1 aromatic heterocycles. The second kappa shape index (κ2) is 6.95. The van der Waals surface area contributed by atoms with Crippen molar-refractivity contribution in [2.75, 3.05) is 5.32 Å². The van der Waals surface area contributed by atoms with Gasteiger partial charge in [-0.05, 0) is 60.8 Å². The lowest BCUT2D eigenvalue weighted by molar-refractivity contribution is 0.411. The van der Waals surface area contributed by atoms with Crippen LogP contribution in [0.1, 0.15) is 62.5 Å². The first-order chi connectivity index (χ1) is 10.7. The van der Waals surface area contributed by atoms with Gasteiger partial charge in [0.05, 0.1) is 0 Å². The molecule has 2 heteroatoms. The Morgan fingerprint density at radius 1 is 1.00 bits per heavy atom. The van der Waals surface area contributed by atoms with Gasteiger partial charge >= 0.3 is 0 Å². The first-order valence-corrected chi connectivity index (χ1v) is 8.49.